The molecule has 0 aromatic heterocycles. The normalized spacial score (nSPS) is 13.5. The number of nitrogens with one attached hydrogen (secondary N) is 2. The molecule has 0 aliphatic carbocycles. The Bertz CT molecular complexity index is 465. The minimum absolute atomic E-state index is 0.0270. The highest BCUT2D eigenvalue weighted by atomic mass is 35.5. The van der Waals surface area contributed by atoms with Gasteiger partial charge in [0.2, 0.25) is 0 Å². The lowest BCUT2D eigenvalue weighted by Gasteiger charge is -2.17. The van der Waals surface area contributed by atoms with Crippen molar-refractivity contribution in [2.75, 3.05) is 7.05 Å². The van der Waals surface area contributed by atoms with Crippen LogP contribution in [0.2, 0.25) is 5.02 Å². The summed E-state index contributed by atoms with van der Waals surface area (Å²) in [6.45, 7) is 3.70. The van der Waals surface area contributed by atoms with Gasteiger partial charge in [-0.25, -0.2) is 4.79 Å². The van der Waals surface area contributed by atoms with Gasteiger partial charge in [0.25, 0.3) is 5.91 Å². The molecule has 5 nitrogen and oxygen atoms in total. The first-order chi connectivity index (χ1) is 8.95. The third kappa shape index (κ3) is 4.54. The molecule has 4 N–H and O–H groups in total. The number of imide groups is 1. The van der Waals surface area contributed by atoms with Crippen LogP contribution >= 0.6 is 11.6 Å². The topological polar surface area (TPSA) is 74.8 Å². The highest BCUT2D eigenvalue weighted by Gasteiger charge is 2.22. The summed E-state index contributed by atoms with van der Waals surface area (Å²) in [6, 6.07) is 6.64. The second-order valence-corrected chi connectivity index (χ2v) is 4.77. The fourth-order valence-corrected chi connectivity index (χ4v) is 2.06. The zero-order valence-electron chi connectivity index (χ0n) is 11.2. The summed E-state index contributed by atoms with van der Waals surface area (Å²) in [5, 5.41) is 7.12. The highest BCUT2D eigenvalue weighted by Crippen LogP contribution is 2.19. The standard InChI is InChI=1S/C13H18ClN3O2/c1-8(10-6-4-5-7-11(10)14)16-9(2)12(18)17-13(19)15-3/h4-9,16H,1-3H3,(H2,15,17,18,19)/p+1/t8-,9+/m1/s1. The van der Waals surface area contributed by atoms with E-state index in [-0.39, 0.29) is 18.0 Å². The van der Waals surface area contributed by atoms with Crippen LogP contribution in [0.1, 0.15) is 25.5 Å². The fraction of sp³-hybridized carbons (Fsp3) is 0.385. The van der Waals surface area contributed by atoms with Gasteiger partial charge in [0.1, 0.15) is 6.04 Å². The van der Waals surface area contributed by atoms with Crippen molar-refractivity contribution in [2.45, 2.75) is 25.9 Å². The third-order valence-electron chi connectivity index (χ3n) is 2.85. The van der Waals surface area contributed by atoms with Crippen molar-refractivity contribution >= 4 is 23.5 Å². The Morgan fingerprint density at radius 2 is 1.89 bits per heavy atom. The average Bonchev–Trinajstić information content (AvgIpc) is 2.38. The molecule has 1 aromatic rings. The first kappa shape index (κ1) is 15.5. The van der Waals surface area contributed by atoms with Gasteiger partial charge in [-0.2, -0.15) is 0 Å². The van der Waals surface area contributed by atoms with Gasteiger partial charge in [0, 0.05) is 17.6 Å². The SMILES string of the molecule is CNC(=O)NC(=O)[C@H](C)[NH2+][C@H](C)c1ccccc1Cl. The summed E-state index contributed by atoms with van der Waals surface area (Å²) in [5.41, 5.74) is 0.962. The molecule has 0 radical (unpaired) electrons. The molecule has 1 aromatic carbocycles. The Balaban J connectivity index is 2.62. The van der Waals surface area contributed by atoms with E-state index >= 15 is 0 Å². The zero-order valence-corrected chi connectivity index (χ0v) is 12.0. The van der Waals surface area contributed by atoms with Gasteiger partial charge in [0.15, 0.2) is 6.04 Å². The van der Waals surface area contributed by atoms with Gasteiger partial charge in [-0.3, -0.25) is 10.1 Å². The molecule has 0 bridgehead atoms. The van der Waals surface area contributed by atoms with Gasteiger partial charge in [-0.05, 0) is 19.9 Å². The molecule has 0 aliphatic heterocycles. The number of carbonyl (C=O) groups excluding carboxylic acids is 2. The first-order valence-corrected chi connectivity index (χ1v) is 6.45. The maximum Gasteiger partial charge on any atom is 0.321 e. The molecule has 1 rings (SSSR count). The molecular weight excluding hydrogens is 266 g/mol. The molecular formula is C13H19ClN3O2+. The van der Waals surface area contributed by atoms with E-state index in [2.05, 4.69) is 10.6 Å². The Kier molecular flexibility index (Phi) is 5.79. The van der Waals surface area contributed by atoms with Crippen LogP contribution < -0.4 is 16.0 Å². The Labute approximate surface area is 117 Å². The predicted molar refractivity (Wildman–Crippen MR) is 73.9 cm³/mol. The summed E-state index contributed by atoms with van der Waals surface area (Å²) in [4.78, 5) is 22.8. The number of halogens is 1. The van der Waals surface area contributed by atoms with Crippen molar-refractivity contribution in [3.63, 3.8) is 0 Å². The van der Waals surface area contributed by atoms with Gasteiger partial charge in [0.05, 0.1) is 0 Å². The van der Waals surface area contributed by atoms with E-state index in [4.69, 9.17) is 11.6 Å². The number of nitrogens with two attached hydrogens (primary N) is 1. The molecule has 0 spiro atoms. The number of benzene rings is 1. The van der Waals surface area contributed by atoms with Crippen LogP contribution in [0.15, 0.2) is 24.3 Å². The maximum atomic E-state index is 11.7. The van der Waals surface area contributed by atoms with Crippen molar-refractivity contribution in [3.05, 3.63) is 34.9 Å². The summed E-state index contributed by atoms with van der Waals surface area (Å²) < 4.78 is 0. The first-order valence-electron chi connectivity index (χ1n) is 6.07. The smallest absolute Gasteiger partial charge is 0.321 e. The van der Waals surface area contributed by atoms with Gasteiger partial charge < -0.3 is 10.6 Å². The van der Waals surface area contributed by atoms with E-state index in [1.807, 2.05) is 36.5 Å². The molecule has 104 valence electrons. The van der Waals surface area contributed by atoms with Gasteiger partial charge in [-0.1, -0.05) is 29.8 Å². The summed E-state index contributed by atoms with van der Waals surface area (Å²) >= 11 is 6.10. The van der Waals surface area contributed by atoms with Crippen LogP contribution in [-0.4, -0.2) is 25.0 Å². The minimum atomic E-state index is -0.504. The lowest BCUT2D eigenvalue weighted by atomic mass is 10.1. The molecule has 0 unspecified atom stereocenters. The molecule has 3 amide bonds. The van der Waals surface area contributed by atoms with E-state index in [1.54, 1.807) is 6.92 Å². The van der Waals surface area contributed by atoms with Crippen LogP contribution in [-0.2, 0) is 4.79 Å². The van der Waals surface area contributed by atoms with Crippen LogP contribution in [0.4, 0.5) is 4.79 Å². The van der Waals surface area contributed by atoms with Crippen molar-refractivity contribution in [2.24, 2.45) is 0 Å². The molecule has 0 fully saturated rings. The number of carbonyl (C=O) groups is 2. The van der Waals surface area contributed by atoms with E-state index in [0.29, 0.717) is 5.02 Å². The lowest BCUT2D eigenvalue weighted by Crippen LogP contribution is -2.92. The number of rotatable bonds is 4. The third-order valence-corrected chi connectivity index (χ3v) is 3.19. The molecule has 6 heteroatoms. The summed E-state index contributed by atoms with van der Waals surface area (Å²) in [5.74, 6) is -0.335. The number of urea groups is 1. The van der Waals surface area contributed by atoms with Crippen LogP contribution in [0.25, 0.3) is 0 Å². The van der Waals surface area contributed by atoms with E-state index in [1.165, 1.54) is 7.05 Å². The molecule has 0 saturated heterocycles. The summed E-state index contributed by atoms with van der Waals surface area (Å²) in [7, 11) is 1.46. The summed E-state index contributed by atoms with van der Waals surface area (Å²) in [6.07, 6.45) is 0. The molecule has 0 saturated carbocycles. The predicted octanol–water partition coefficient (Wildman–Crippen LogP) is 0.809. The molecule has 0 heterocycles. The fourth-order valence-electron chi connectivity index (χ4n) is 1.76. The second-order valence-electron chi connectivity index (χ2n) is 4.36. The molecule has 0 aliphatic rings. The quantitative estimate of drug-likeness (QED) is 0.765. The van der Waals surface area contributed by atoms with Crippen molar-refractivity contribution in [3.8, 4) is 0 Å². The molecule has 19 heavy (non-hydrogen) atoms. The minimum Gasteiger partial charge on any atom is -0.341 e. The van der Waals surface area contributed by atoms with Gasteiger partial charge >= 0.3 is 6.03 Å². The molecule has 2 atom stereocenters. The van der Waals surface area contributed by atoms with Crippen LogP contribution in [0.5, 0.6) is 0 Å². The number of quaternary nitrogens is 1. The number of amides is 3. The van der Waals surface area contributed by atoms with E-state index in [9.17, 15) is 9.59 Å². The monoisotopic (exact) mass is 284 g/mol. The highest BCUT2D eigenvalue weighted by molar-refractivity contribution is 6.31. The Hall–Kier alpha value is -1.59. The van der Waals surface area contributed by atoms with E-state index < -0.39 is 6.03 Å². The van der Waals surface area contributed by atoms with Crippen molar-refractivity contribution in [1.82, 2.24) is 10.6 Å². The average molecular weight is 285 g/mol. The largest absolute Gasteiger partial charge is 0.341 e. The Morgan fingerprint density at radius 1 is 1.26 bits per heavy atom. The lowest BCUT2D eigenvalue weighted by molar-refractivity contribution is -0.710. The van der Waals surface area contributed by atoms with Crippen LogP contribution in [0.3, 0.4) is 0 Å². The number of hydrogen-bond donors (Lipinski definition) is 3. The zero-order chi connectivity index (χ0) is 14.4. The van der Waals surface area contributed by atoms with Crippen molar-refractivity contribution in [1.29, 1.82) is 0 Å². The van der Waals surface area contributed by atoms with Crippen LogP contribution in [0, 0.1) is 0 Å². The van der Waals surface area contributed by atoms with Crippen molar-refractivity contribution < 1.29 is 14.9 Å². The Morgan fingerprint density at radius 3 is 2.47 bits per heavy atom. The van der Waals surface area contributed by atoms with E-state index in [0.717, 1.165) is 5.56 Å². The maximum absolute atomic E-state index is 11.7. The second kappa shape index (κ2) is 7.11. The number of hydrogen-bond acceptors (Lipinski definition) is 2. The van der Waals surface area contributed by atoms with Gasteiger partial charge in [-0.15, -0.1) is 0 Å².